The van der Waals surface area contributed by atoms with E-state index in [1.807, 2.05) is 24.3 Å². The molecule has 0 unspecified atom stereocenters. The molecule has 0 aliphatic heterocycles. The van der Waals surface area contributed by atoms with Crippen molar-refractivity contribution >= 4 is 16.8 Å². The first kappa shape index (κ1) is 27.9. The first-order valence-corrected chi connectivity index (χ1v) is 11.8. The van der Waals surface area contributed by atoms with Crippen molar-refractivity contribution in [3.63, 3.8) is 0 Å². The lowest BCUT2D eigenvalue weighted by atomic mass is 10.0. The molecule has 3 aromatic carbocycles. The average molecular weight is 550 g/mol. The molecule has 0 spiro atoms. The molecule has 39 heavy (non-hydrogen) atoms. The highest BCUT2D eigenvalue weighted by molar-refractivity contribution is 5.95. The van der Waals surface area contributed by atoms with Crippen molar-refractivity contribution in [2.75, 3.05) is 20.8 Å². The summed E-state index contributed by atoms with van der Waals surface area (Å²) in [7, 11) is 2.86. The molecule has 0 aliphatic rings. The summed E-state index contributed by atoms with van der Waals surface area (Å²) in [4.78, 5) is 17.9. The van der Waals surface area contributed by atoms with Crippen molar-refractivity contribution in [1.82, 2.24) is 9.88 Å². The van der Waals surface area contributed by atoms with Crippen LogP contribution in [0, 0.1) is 0 Å². The van der Waals surface area contributed by atoms with Gasteiger partial charge in [0.15, 0.2) is 11.5 Å². The number of para-hydroxylation sites is 1. The number of hydrogen-bond donors (Lipinski definition) is 1. The fraction of sp³-hybridized carbons (Fsp3) is 0.250. The van der Waals surface area contributed by atoms with Crippen molar-refractivity contribution in [1.29, 1.82) is 0 Å². The molecule has 0 atom stereocenters. The Labute approximate surface area is 219 Å². The highest BCUT2D eigenvalue weighted by Crippen LogP contribution is 2.37. The zero-order valence-corrected chi connectivity index (χ0v) is 20.9. The Balaban J connectivity index is 1.72. The summed E-state index contributed by atoms with van der Waals surface area (Å²) in [5.74, 6) is -0.190. The average Bonchev–Trinajstić information content (AvgIpc) is 3.32. The third-order valence-corrected chi connectivity index (χ3v) is 6.27. The molecular formula is C28H24F6N2O3. The number of alkyl halides is 6. The maximum absolute atomic E-state index is 13.5. The van der Waals surface area contributed by atoms with Crippen LogP contribution in [0.4, 0.5) is 26.3 Å². The molecule has 0 radical (unpaired) electrons. The van der Waals surface area contributed by atoms with E-state index < -0.39 is 35.0 Å². The van der Waals surface area contributed by atoms with Crippen LogP contribution < -0.4 is 9.47 Å². The van der Waals surface area contributed by atoms with Crippen LogP contribution in [-0.2, 0) is 25.3 Å². The first-order chi connectivity index (χ1) is 18.4. The molecule has 1 N–H and O–H groups in total. The van der Waals surface area contributed by atoms with Gasteiger partial charge in [0.25, 0.3) is 5.91 Å². The van der Waals surface area contributed by atoms with E-state index in [9.17, 15) is 31.1 Å². The number of carbonyl (C=O) groups is 1. The molecule has 0 fully saturated rings. The van der Waals surface area contributed by atoms with E-state index in [1.54, 1.807) is 24.4 Å². The Morgan fingerprint density at radius 3 is 2.10 bits per heavy atom. The van der Waals surface area contributed by atoms with Crippen molar-refractivity contribution in [3.8, 4) is 11.5 Å². The van der Waals surface area contributed by atoms with Crippen LogP contribution in [0.1, 0.15) is 32.6 Å². The van der Waals surface area contributed by atoms with E-state index in [-0.39, 0.29) is 19.2 Å². The number of hydrogen-bond acceptors (Lipinski definition) is 3. The molecule has 206 valence electrons. The number of benzene rings is 3. The summed E-state index contributed by atoms with van der Waals surface area (Å²) in [6.07, 6.45) is -8.09. The highest BCUT2D eigenvalue weighted by Gasteiger charge is 2.38. The summed E-state index contributed by atoms with van der Waals surface area (Å²) < 4.78 is 91.3. The molecule has 1 aromatic heterocycles. The molecule has 11 heteroatoms. The Kier molecular flexibility index (Phi) is 7.80. The number of nitrogens with one attached hydrogen (secondary N) is 1. The number of rotatable bonds is 8. The van der Waals surface area contributed by atoms with Gasteiger partial charge in [0.2, 0.25) is 0 Å². The third kappa shape index (κ3) is 6.30. The van der Waals surface area contributed by atoms with Gasteiger partial charge < -0.3 is 19.4 Å². The SMILES string of the molecule is COc1ccc(CN(CCc2c[nH]c3ccccc23)C(=O)c2cc(C(F)(F)F)cc(C(F)(F)F)c2)cc1OC. The highest BCUT2D eigenvalue weighted by atomic mass is 19.4. The summed E-state index contributed by atoms with van der Waals surface area (Å²) >= 11 is 0. The molecule has 0 saturated heterocycles. The number of nitrogens with zero attached hydrogens (tertiary/aromatic N) is 1. The number of H-pyrrole nitrogens is 1. The Morgan fingerprint density at radius 2 is 1.49 bits per heavy atom. The van der Waals surface area contributed by atoms with Gasteiger partial charge in [-0.15, -0.1) is 0 Å². The number of aromatic amines is 1. The molecule has 1 amide bonds. The zero-order chi connectivity index (χ0) is 28.4. The maximum atomic E-state index is 13.5. The second-order valence-corrected chi connectivity index (χ2v) is 8.82. The fourth-order valence-corrected chi connectivity index (χ4v) is 4.31. The van der Waals surface area contributed by atoms with E-state index in [0.717, 1.165) is 16.5 Å². The predicted molar refractivity (Wildman–Crippen MR) is 133 cm³/mol. The van der Waals surface area contributed by atoms with Gasteiger partial charge in [0, 0.05) is 35.8 Å². The second-order valence-electron chi connectivity index (χ2n) is 8.82. The Bertz CT molecular complexity index is 1440. The second kappa shape index (κ2) is 10.9. The van der Waals surface area contributed by atoms with Crippen LogP contribution in [0.2, 0.25) is 0 Å². The van der Waals surface area contributed by atoms with Gasteiger partial charge in [-0.3, -0.25) is 4.79 Å². The number of aromatic nitrogens is 1. The fourth-order valence-electron chi connectivity index (χ4n) is 4.31. The van der Waals surface area contributed by atoms with Crippen LogP contribution in [0.5, 0.6) is 11.5 Å². The van der Waals surface area contributed by atoms with Gasteiger partial charge in [-0.1, -0.05) is 24.3 Å². The lowest BCUT2D eigenvalue weighted by Crippen LogP contribution is -2.33. The molecule has 1 heterocycles. The summed E-state index contributed by atoms with van der Waals surface area (Å²) in [6.45, 7) is -0.0776. The van der Waals surface area contributed by atoms with Crippen molar-refractivity contribution < 1.29 is 40.6 Å². The van der Waals surface area contributed by atoms with Gasteiger partial charge in [0.1, 0.15) is 0 Å². The standard InChI is InChI=1S/C28H24F6N2O3/c1-38-24-8-7-17(11-25(24)39-2)16-36(10-9-18-15-35-23-6-4-3-5-22(18)23)26(37)19-12-20(27(29,30)31)14-21(13-19)28(32,33)34/h3-8,11-15,35H,9-10,16H2,1-2H3. The topological polar surface area (TPSA) is 54.6 Å². The summed E-state index contributed by atoms with van der Waals surface area (Å²) in [5.41, 5.74) is -1.57. The monoisotopic (exact) mass is 550 g/mol. The van der Waals surface area contributed by atoms with Crippen LogP contribution in [-0.4, -0.2) is 36.6 Å². The quantitative estimate of drug-likeness (QED) is 0.238. The molecule has 0 bridgehead atoms. The number of methoxy groups -OCH3 is 2. The number of halogens is 6. The zero-order valence-electron chi connectivity index (χ0n) is 20.9. The van der Waals surface area contributed by atoms with Crippen molar-refractivity contribution in [2.24, 2.45) is 0 Å². The van der Waals surface area contributed by atoms with Crippen molar-refractivity contribution in [3.05, 3.63) is 94.7 Å². The Morgan fingerprint density at radius 1 is 0.846 bits per heavy atom. The first-order valence-electron chi connectivity index (χ1n) is 11.8. The van der Waals surface area contributed by atoms with Crippen LogP contribution in [0.15, 0.2) is 66.9 Å². The van der Waals surface area contributed by atoms with Gasteiger partial charge in [-0.2, -0.15) is 26.3 Å². The molecule has 5 nitrogen and oxygen atoms in total. The number of carbonyl (C=O) groups excluding carboxylic acids is 1. The van der Waals surface area contributed by atoms with E-state index >= 15 is 0 Å². The lowest BCUT2D eigenvalue weighted by molar-refractivity contribution is -0.143. The molecule has 0 saturated carbocycles. The minimum Gasteiger partial charge on any atom is -0.493 e. The van der Waals surface area contributed by atoms with Gasteiger partial charge >= 0.3 is 12.4 Å². The van der Waals surface area contributed by atoms with Gasteiger partial charge in [0.05, 0.1) is 25.3 Å². The molecule has 0 aliphatic carbocycles. The third-order valence-electron chi connectivity index (χ3n) is 6.27. The van der Waals surface area contributed by atoms with Gasteiger partial charge in [-0.25, -0.2) is 0 Å². The van der Waals surface area contributed by atoms with Gasteiger partial charge in [-0.05, 0) is 53.9 Å². The molecular weight excluding hydrogens is 526 g/mol. The minimum atomic E-state index is -5.07. The van der Waals surface area contributed by atoms with Crippen LogP contribution in [0.3, 0.4) is 0 Å². The summed E-state index contributed by atoms with van der Waals surface area (Å²) in [5, 5.41) is 0.898. The number of amides is 1. The van der Waals surface area contributed by atoms with E-state index in [1.165, 1.54) is 19.1 Å². The van der Waals surface area contributed by atoms with Crippen LogP contribution >= 0.6 is 0 Å². The molecule has 4 rings (SSSR count). The lowest BCUT2D eigenvalue weighted by Gasteiger charge is -2.24. The maximum Gasteiger partial charge on any atom is 0.416 e. The van der Waals surface area contributed by atoms with E-state index in [2.05, 4.69) is 4.98 Å². The normalized spacial score (nSPS) is 12.0. The molecule has 4 aromatic rings. The van der Waals surface area contributed by atoms with Crippen molar-refractivity contribution in [2.45, 2.75) is 25.3 Å². The minimum absolute atomic E-state index is 0.00139. The smallest absolute Gasteiger partial charge is 0.416 e. The van der Waals surface area contributed by atoms with E-state index in [0.29, 0.717) is 35.6 Å². The summed E-state index contributed by atoms with van der Waals surface area (Å²) in [6, 6.07) is 13.2. The van der Waals surface area contributed by atoms with E-state index in [4.69, 9.17) is 9.47 Å². The number of fused-ring (bicyclic) bond motifs is 1. The number of ether oxygens (including phenoxy) is 2. The largest absolute Gasteiger partial charge is 0.493 e. The predicted octanol–water partition coefficient (Wildman–Crippen LogP) is 7.11. The van der Waals surface area contributed by atoms with Crippen LogP contribution in [0.25, 0.3) is 10.9 Å². The Hall–Kier alpha value is -4.15.